The third kappa shape index (κ3) is 5.52. The second-order valence-electron chi connectivity index (χ2n) is 15.6. The van der Waals surface area contributed by atoms with Crippen molar-refractivity contribution in [3.8, 4) is 0 Å². The average molecular weight is 666 g/mol. The van der Waals surface area contributed by atoms with Gasteiger partial charge in [0.2, 0.25) is 11.5 Å². The van der Waals surface area contributed by atoms with E-state index >= 15 is 0 Å². The van der Waals surface area contributed by atoms with Crippen LogP contribution in [-0.2, 0) is 15.6 Å². The van der Waals surface area contributed by atoms with E-state index in [0.717, 1.165) is 37.3 Å². The lowest BCUT2D eigenvalue weighted by atomic mass is 9.76. The molecule has 0 saturated carbocycles. The molecule has 0 radical (unpaired) electrons. The molecule has 1 N–H and O–H groups in total. The van der Waals surface area contributed by atoms with Crippen LogP contribution in [0.1, 0.15) is 104 Å². The number of aliphatic hydroxyl groups excluding tert-OH is 1. The van der Waals surface area contributed by atoms with E-state index in [-0.39, 0.29) is 22.4 Å². The molecule has 1 aliphatic carbocycles. The maximum Gasteiger partial charge on any atom is 0.210 e. The summed E-state index contributed by atoms with van der Waals surface area (Å²) in [5.74, 6) is 0.0349. The maximum absolute atomic E-state index is 14.2. The molecule has 4 heteroatoms. The van der Waals surface area contributed by atoms with Crippen LogP contribution in [0.25, 0.3) is 21.5 Å². The van der Waals surface area contributed by atoms with Gasteiger partial charge in [0.15, 0.2) is 5.71 Å². The predicted octanol–water partition coefficient (Wildman–Crippen LogP) is 11.5. The fourth-order valence-corrected chi connectivity index (χ4v) is 8.85. The number of nitrogens with zero attached hydrogens (tertiary/aromatic N) is 2. The van der Waals surface area contributed by atoms with E-state index in [1.807, 2.05) is 12.2 Å². The van der Waals surface area contributed by atoms with Gasteiger partial charge in [0.05, 0.1) is 16.6 Å². The van der Waals surface area contributed by atoms with Crippen molar-refractivity contribution in [1.82, 2.24) is 0 Å². The first-order valence-electron chi connectivity index (χ1n) is 19.0. The van der Waals surface area contributed by atoms with Crippen LogP contribution in [0.3, 0.4) is 0 Å². The van der Waals surface area contributed by atoms with Gasteiger partial charge < -0.3 is 10.0 Å². The Kier molecular flexibility index (Phi) is 9.09. The molecule has 258 valence electrons. The lowest BCUT2D eigenvalue weighted by Gasteiger charge is -2.29. The summed E-state index contributed by atoms with van der Waals surface area (Å²) in [5, 5.41) is 16.7. The molecule has 7 rings (SSSR count). The number of carbonyl (C=O) groups excluding carboxylic acids is 1. The number of rotatable bonds is 12. The summed E-state index contributed by atoms with van der Waals surface area (Å²) in [7, 11) is 0. The Morgan fingerprint density at radius 3 is 1.98 bits per heavy atom. The fourth-order valence-electron chi connectivity index (χ4n) is 8.85. The first-order valence-corrected chi connectivity index (χ1v) is 19.0. The van der Waals surface area contributed by atoms with E-state index in [9.17, 15) is 9.90 Å². The summed E-state index contributed by atoms with van der Waals surface area (Å²) in [6.07, 6.45) is 13.3. The summed E-state index contributed by atoms with van der Waals surface area (Å²) in [5.41, 5.74) is 7.35. The number of unbranched alkanes of at least 4 members (excludes halogenated alkanes) is 6. The average Bonchev–Trinajstić information content (AvgIpc) is 3.47. The van der Waals surface area contributed by atoms with E-state index in [1.165, 1.54) is 82.6 Å². The van der Waals surface area contributed by atoms with Gasteiger partial charge in [-0.2, -0.15) is 4.58 Å². The summed E-state index contributed by atoms with van der Waals surface area (Å²) < 4.78 is 2.42. The molecule has 0 saturated heterocycles. The molecule has 0 spiro atoms. The molecule has 0 amide bonds. The molecule has 0 bridgehead atoms. The number of benzene rings is 4. The van der Waals surface area contributed by atoms with Gasteiger partial charge >= 0.3 is 0 Å². The van der Waals surface area contributed by atoms with Crippen molar-refractivity contribution < 1.29 is 14.5 Å². The van der Waals surface area contributed by atoms with Crippen LogP contribution >= 0.6 is 0 Å². The summed E-state index contributed by atoms with van der Waals surface area (Å²) in [6.45, 7) is 15.3. The number of allylic oxidation sites excluding steroid dienone is 5. The minimum absolute atomic E-state index is 0.0763. The first kappa shape index (κ1) is 34.0. The second kappa shape index (κ2) is 13.4. The van der Waals surface area contributed by atoms with Gasteiger partial charge in [-0.15, -0.1) is 0 Å². The molecule has 0 fully saturated rings. The van der Waals surface area contributed by atoms with Gasteiger partial charge in [0, 0.05) is 47.5 Å². The quantitative estimate of drug-likeness (QED) is 0.0930. The zero-order valence-electron chi connectivity index (χ0n) is 30.9. The second-order valence-corrected chi connectivity index (χ2v) is 15.6. The molecule has 3 aliphatic rings. The molecule has 4 nitrogen and oxygen atoms in total. The van der Waals surface area contributed by atoms with Crippen molar-refractivity contribution in [2.45, 2.75) is 104 Å². The Hall–Kier alpha value is -4.44. The SMILES string of the molecule is CCCCCCN1/C(=C/C2=C(O)C(=C/C3=[N+](CCCCCC)c4ccc5ccccc5c4C3(C)C)/C2=O)C(C)(C)c2c1ccc1ccccc21. The van der Waals surface area contributed by atoms with Gasteiger partial charge in [-0.05, 0) is 72.0 Å². The van der Waals surface area contributed by atoms with Crippen molar-refractivity contribution in [2.24, 2.45) is 0 Å². The number of hydrogen-bond acceptors (Lipinski definition) is 3. The number of fused-ring (bicyclic) bond motifs is 6. The van der Waals surface area contributed by atoms with Crippen LogP contribution in [0, 0.1) is 0 Å². The molecule has 2 heterocycles. The molecule has 0 unspecified atom stereocenters. The van der Waals surface area contributed by atoms with Crippen molar-refractivity contribution in [3.63, 3.8) is 0 Å². The van der Waals surface area contributed by atoms with Gasteiger partial charge in [-0.25, -0.2) is 0 Å². The number of carbonyl (C=O) groups is 1. The molecule has 4 aromatic carbocycles. The van der Waals surface area contributed by atoms with Gasteiger partial charge in [-0.3, -0.25) is 4.79 Å². The lowest BCUT2D eigenvalue weighted by Crippen LogP contribution is -2.32. The Bertz CT molecular complexity index is 2120. The number of hydrogen-bond donors (Lipinski definition) is 1. The maximum atomic E-state index is 14.2. The summed E-state index contributed by atoms with van der Waals surface area (Å²) >= 11 is 0. The highest BCUT2D eigenvalue weighted by Crippen LogP contribution is 2.52. The van der Waals surface area contributed by atoms with E-state index in [2.05, 4.69) is 124 Å². The van der Waals surface area contributed by atoms with Crippen LogP contribution in [0.15, 0.2) is 108 Å². The van der Waals surface area contributed by atoms with E-state index in [4.69, 9.17) is 0 Å². The van der Waals surface area contributed by atoms with Crippen LogP contribution in [-0.4, -0.2) is 34.3 Å². The van der Waals surface area contributed by atoms with Gasteiger partial charge in [0.1, 0.15) is 12.3 Å². The van der Waals surface area contributed by atoms with E-state index in [1.54, 1.807) is 0 Å². The number of ketones is 1. The highest BCUT2D eigenvalue weighted by molar-refractivity contribution is 6.24. The highest BCUT2D eigenvalue weighted by Gasteiger charge is 2.48. The third-order valence-electron chi connectivity index (χ3n) is 11.5. The fraction of sp³-hybridized carbons (Fsp3) is 0.391. The third-order valence-corrected chi connectivity index (χ3v) is 11.5. The normalized spacial score (nSPS) is 19.3. The topological polar surface area (TPSA) is 43.5 Å². The molecule has 0 atom stereocenters. The van der Waals surface area contributed by atoms with Gasteiger partial charge in [-0.1, -0.05) is 114 Å². The number of anilines is 1. The minimum Gasteiger partial charge on any atom is -0.506 e. The van der Waals surface area contributed by atoms with Gasteiger partial charge in [0.25, 0.3) is 0 Å². The van der Waals surface area contributed by atoms with E-state index in [0.29, 0.717) is 11.1 Å². The van der Waals surface area contributed by atoms with E-state index < -0.39 is 0 Å². The van der Waals surface area contributed by atoms with Crippen molar-refractivity contribution in [3.05, 3.63) is 119 Å². The Morgan fingerprint density at radius 1 is 0.700 bits per heavy atom. The monoisotopic (exact) mass is 665 g/mol. The smallest absolute Gasteiger partial charge is 0.210 e. The number of Topliss-reactive ketones (excluding diaryl/α,β-unsaturated/α-hetero) is 1. The Balaban J connectivity index is 1.31. The minimum atomic E-state index is -0.339. The van der Waals surface area contributed by atoms with Crippen molar-refractivity contribution in [2.75, 3.05) is 18.0 Å². The Morgan fingerprint density at radius 2 is 1.32 bits per heavy atom. The van der Waals surface area contributed by atoms with Crippen LogP contribution in [0.4, 0.5) is 11.4 Å². The molecule has 4 aromatic rings. The number of aliphatic hydroxyl groups is 1. The zero-order chi connectivity index (χ0) is 35.2. The van der Waals surface area contributed by atoms with Crippen molar-refractivity contribution in [1.29, 1.82) is 0 Å². The zero-order valence-corrected chi connectivity index (χ0v) is 30.9. The standard InChI is InChI=1S/C46H52N2O2/c1-7-9-11-17-27-47-37-25-23-31-19-13-15-21-33(31)41(37)45(3,4)39(47)29-35-43(49)36(44(35)50)30-40-46(5,6)42-34-22-16-14-20-32(34)24-26-38(42)48(40)28-18-12-10-8-2/h13-16,19-26,29-30H,7-12,17-18,27-28H2,1-6H3/p+1. The van der Waals surface area contributed by atoms with Crippen LogP contribution < -0.4 is 4.90 Å². The summed E-state index contributed by atoms with van der Waals surface area (Å²) in [4.78, 5) is 16.6. The van der Waals surface area contributed by atoms with Crippen molar-refractivity contribution >= 4 is 44.4 Å². The van der Waals surface area contributed by atoms with Crippen LogP contribution in [0.5, 0.6) is 0 Å². The molecule has 2 aliphatic heterocycles. The lowest BCUT2D eigenvalue weighted by molar-refractivity contribution is -0.438. The molecule has 50 heavy (non-hydrogen) atoms. The largest absolute Gasteiger partial charge is 0.506 e. The molecular weight excluding hydrogens is 613 g/mol. The predicted molar refractivity (Wildman–Crippen MR) is 210 cm³/mol. The summed E-state index contributed by atoms with van der Waals surface area (Å²) in [6, 6.07) is 26.1. The molecular formula is C46H53N2O2+. The molecule has 0 aromatic heterocycles. The Labute approximate surface area is 298 Å². The highest BCUT2D eigenvalue weighted by atomic mass is 16.3. The van der Waals surface area contributed by atoms with Crippen LogP contribution in [0.2, 0.25) is 0 Å². The first-order chi connectivity index (χ1) is 24.1.